The summed E-state index contributed by atoms with van der Waals surface area (Å²) in [5, 5.41) is 3.13. The molecule has 1 aromatic rings. The Kier molecular flexibility index (Phi) is 7.46. The van der Waals surface area contributed by atoms with Crippen molar-refractivity contribution in [1.82, 2.24) is 10.2 Å². The van der Waals surface area contributed by atoms with Crippen molar-refractivity contribution in [3.05, 3.63) is 29.8 Å². The summed E-state index contributed by atoms with van der Waals surface area (Å²) >= 11 is 0. The summed E-state index contributed by atoms with van der Waals surface area (Å²) in [5.74, 6) is 0.957. The lowest BCUT2D eigenvalue weighted by molar-refractivity contribution is 0.235. The van der Waals surface area contributed by atoms with Crippen molar-refractivity contribution in [2.45, 2.75) is 26.3 Å². The molecule has 0 unspecified atom stereocenters. The molecular weight excluding hydrogens is 224 g/mol. The quantitative estimate of drug-likeness (QED) is 0.729. The van der Waals surface area contributed by atoms with Gasteiger partial charge in [0, 0.05) is 13.1 Å². The van der Waals surface area contributed by atoms with Gasteiger partial charge in [0.05, 0.1) is 0 Å². The van der Waals surface area contributed by atoms with Crippen LogP contribution in [0.1, 0.15) is 25.3 Å². The Balaban J connectivity index is 2.22. The standard InChI is InChI=1S/C15H26N2O/c1-4-5-10-17(3)11-12-18-15-8-6-14(7-9-15)13-16-2/h6-9,16H,4-5,10-13H2,1-3H3. The first-order chi connectivity index (χ1) is 8.76. The maximum Gasteiger partial charge on any atom is 0.119 e. The van der Waals surface area contributed by atoms with Crippen LogP contribution in [-0.4, -0.2) is 38.7 Å². The molecule has 3 nitrogen and oxygen atoms in total. The van der Waals surface area contributed by atoms with Crippen LogP contribution in [0.15, 0.2) is 24.3 Å². The molecule has 0 heterocycles. The molecule has 0 amide bonds. The van der Waals surface area contributed by atoms with Crippen LogP contribution in [-0.2, 0) is 6.54 Å². The Morgan fingerprint density at radius 1 is 1.17 bits per heavy atom. The van der Waals surface area contributed by atoms with E-state index < -0.39 is 0 Å². The summed E-state index contributed by atoms with van der Waals surface area (Å²) in [6.07, 6.45) is 2.51. The lowest BCUT2D eigenvalue weighted by Gasteiger charge is -2.16. The molecule has 0 radical (unpaired) electrons. The summed E-state index contributed by atoms with van der Waals surface area (Å²) in [6.45, 7) is 6.02. The molecule has 0 aliphatic rings. The highest BCUT2D eigenvalue weighted by Crippen LogP contribution is 2.11. The van der Waals surface area contributed by atoms with Gasteiger partial charge in [-0.2, -0.15) is 0 Å². The first-order valence-corrected chi connectivity index (χ1v) is 6.81. The first-order valence-electron chi connectivity index (χ1n) is 6.81. The third-order valence-corrected chi connectivity index (χ3v) is 2.94. The molecule has 0 saturated heterocycles. The van der Waals surface area contributed by atoms with Crippen LogP contribution in [0.25, 0.3) is 0 Å². The monoisotopic (exact) mass is 250 g/mol. The van der Waals surface area contributed by atoms with Crippen LogP contribution < -0.4 is 10.1 Å². The molecule has 1 N–H and O–H groups in total. The molecule has 0 atom stereocenters. The molecule has 0 spiro atoms. The summed E-state index contributed by atoms with van der Waals surface area (Å²) in [7, 11) is 4.10. The van der Waals surface area contributed by atoms with Gasteiger partial charge < -0.3 is 15.0 Å². The van der Waals surface area contributed by atoms with Crippen molar-refractivity contribution in [3.8, 4) is 5.75 Å². The zero-order valence-electron chi connectivity index (χ0n) is 11.9. The van der Waals surface area contributed by atoms with Gasteiger partial charge in [-0.15, -0.1) is 0 Å². The van der Waals surface area contributed by atoms with Crippen molar-refractivity contribution in [2.75, 3.05) is 33.8 Å². The minimum absolute atomic E-state index is 0.756. The second kappa shape index (κ2) is 8.95. The Bertz CT molecular complexity index is 311. The second-order valence-electron chi connectivity index (χ2n) is 4.68. The van der Waals surface area contributed by atoms with Crippen LogP contribution in [0.5, 0.6) is 5.75 Å². The van der Waals surface area contributed by atoms with E-state index in [9.17, 15) is 0 Å². The molecule has 0 aliphatic carbocycles. The molecule has 0 fully saturated rings. The lowest BCUT2D eigenvalue weighted by Crippen LogP contribution is -2.25. The highest BCUT2D eigenvalue weighted by Gasteiger charge is 1.99. The average Bonchev–Trinajstić information content (AvgIpc) is 2.39. The van der Waals surface area contributed by atoms with E-state index in [1.54, 1.807) is 0 Å². The smallest absolute Gasteiger partial charge is 0.119 e. The highest BCUT2D eigenvalue weighted by atomic mass is 16.5. The van der Waals surface area contributed by atoms with Gasteiger partial charge in [-0.05, 0) is 44.8 Å². The molecule has 1 rings (SSSR count). The third-order valence-electron chi connectivity index (χ3n) is 2.94. The number of benzene rings is 1. The number of hydrogen-bond acceptors (Lipinski definition) is 3. The van der Waals surface area contributed by atoms with E-state index in [4.69, 9.17) is 4.74 Å². The largest absolute Gasteiger partial charge is 0.492 e. The predicted molar refractivity (Wildman–Crippen MR) is 77.1 cm³/mol. The van der Waals surface area contributed by atoms with Crippen molar-refractivity contribution < 1.29 is 4.74 Å². The van der Waals surface area contributed by atoms with E-state index in [2.05, 4.69) is 36.3 Å². The maximum atomic E-state index is 5.73. The van der Waals surface area contributed by atoms with Crippen LogP contribution in [0, 0.1) is 0 Å². The third kappa shape index (κ3) is 6.03. The van der Waals surface area contributed by atoms with E-state index >= 15 is 0 Å². The first kappa shape index (κ1) is 15.0. The topological polar surface area (TPSA) is 24.5 Å². The molecule has 0 saturated carbocycles. The predicted octanol–water partition coefficient (Wildman–Crippen LogP) is 2.52. The van der Waals surface area contributed by atoms with E-state index in [0.717, 1.165) is 32.0 Å². The van der Waals surface area contributed by atoms with Crippen molar-refractivity contribution in [1.29, 1.82) is 0 Å². The van der Waals surface area contributed by atoms with E-state index in [0.29, 0.717) is 0 Å². The Hall–Kier alpha value is -1.06. The van der Waals surface area contributed by atoms with Gasteiger partial charge >= 0.3 is 0 Å². The van der Waals surface area contributed by atoms with Gasteiger partial charge in [-0.25, -0.2) is 0 Å². The maximum absolute atomic E-state index is 5.73. The second-order valence-corrected chi connectivity index (χ2v) is 4.68. The van der Waals surface area contributed by atoms with Crippen LogP contribution >= 0.6 is 0 Å². The van der Waals surface area contributed by atoms with Crippen molar-refractivity contribution >= 4 is 0 Å². The van der Waals surface area contributed by atoms with Crippen LogP contribution in [0.3, 0.4) is 0 Å². The van der Waals surface area contributed by atoms with E-state index in [-0.39, 0.29) is 0 Å². The van der Waals surface area contributed by atoms with E-state index in [1.807, 2.05) is 19.2 Å². The van der Waals surface area contributed by atoms with Crippen LogP contribution in [0.2, 0.25) is 0 Å². The minimum Gasteiger partial charge on any atom is -0.492 e. The number of likely N-dealkylation sites (N-methyl/N-ethyl adjacent to an activating group) is 1. The van der Waals surface area contributed by atoms with Crippen molar-refractivity contribution in [2.24, 2.45) is 0 Å². The number of ether oxygens (including phenoxy) is 1. The van der Waals surface area contributed by atoms with Gasteiger partial charge in [0.1, 0.15) is 12.4 Å². The highest BCUT2D eigenvalue weighted by molar-refractivity contribution is 5.27. The molecule has 102 valence electrons. The summed E-state index contributed by atoms with van der Waals surface area (Å²) in [6, 6.07) is 8.29. The number of nitrogens with one attached hydrogen (secondary N) is 1. The number of hydrogen-bond donors (Lipinski definition) is 1. The molecular formula is C15H26N2O. The van der Waals surface area contributed by atoms with Gasteiger partial charge in [0.15, 0.2) is 0 Å². The Morgan fingerprint density at radius 2 is 1.89 bits per heavy atom. The minimum atomic E-state index is 0.756. The van der Waals surface area contributed by atoms with Crippen molar-refractivity contribution in [3.63, 3.8) is 0 Å². The summed E-state index contributed by atoms with van der Waals surface area (Å²) in [4.78, 5) is 2.32. The molecule has 1 aromatic carbocycles. The lowest BCUT2D eigenvalue weighted by atomic mass is 10.2. The molecule has 3 heteroatoms. The summed E-state index contributed by atoms with van der Waals surface area (Å²) < 4.78 is 5.73. The van der Waals surface area contributed by atoms with Crippen LogP contribution in [0.4, 0.5) is 0 Å². The fourth-order valence-electron chi connectivity index (χ4n) is 1.77. The average molecular weight is 250 g/mol. The molecule has 0 aromatic heterocycles. The number of rotatable bonds is 9. The zero-order chi connectivity index (χ0) is 13.2. The molecule has 18 heavy (non-hydrogen) atoms. The fourth-order valence-corrected chi connectivity index (χ4v) is 1.77. The Morgan fingerprint density at radius 3 is 2.50 bits per heavy atom. The number of nitrogens with zero attached hydrogens (tertiary/aromatic N) is 1. The Labute approximate surface area is 111 Å². The van der Waals surface area contributed by atoms with Gasteiger partial charge in [-0.3, -0.25) is 0 Å². The molecule has 0 aliphatic heterocycles. The van der Waals surface area contributed by atoms with E-state index in [1.165, 1.54) is 18.4 Å². The van der Waals surface area contributed by atoms with Gasteiger partial charge in [-0.1, -0.05) is 25.5 Å². The van der Waals surface area contributed by atoms with Gasteiger partial charge in [0.2, 0.25) is 0 Å². The zero-order valence-corrected chi connectivity index (χ0v) is 11.9. The fraction of sp³-hybridized carbons (Fsp3) is 0.600. The van der Waals surface area contributed by atoms with Gasteiger partial charge in [0.25, 0.3) is 0 Å². The summed E-state index contributed by atoms with van der Waals surface area (Å²) in [5.41, 5.74) is 1.28. The SMILES string of the molecule is CCCCN(C)CCOc1ccc(CNC)cc1. The number of unbranched alkanes of at least 4 members (excludes halogenated alkanes) is 1. The molecule has 0 bridgehead atoms. The normalized spacial score (nSPS) is 10.9.